The molecule has 3 aromatic heterocycles. The number of ether oxygens (including phenoxy) is 2. The summed E-state index contributed by atoms with van der Waals surface area (Å²) in [6, 6.07) is 4.07. The Morgan fingerprint density at radius 1 is 1.26 bits per heavy atom. The largest absolute Gasteiger partial charge is 0.481 e. The van der Waals surface area contributed by atoms with Gasteiger partial charge in [0.25, 0.3) is 0 Å². The van der Waals surface area contributed by atoms with Crippen LogP contribution in [0.2, 0.25) is 0 Å². The topological polar surface area (TPSA) is 116 Å². The first-order chi connectivity index (χ1) is 16.5. The lowest BCUT2D eigenvalue weighted by molar-refractivity contribution is -0.143. The SMILES string of the molecule is CCOC(=O)Cn1c(CC)c(N2CCN[C@H]3CC[C@@H]32)c(=O)c2nn(-c3ccnc(OC)c3)nc21. The molecule has 11 heteroatoms. The van der Waals surface area contributed by atoms with Gasteiger partial charge in [0.2, 0.25) is 11.3 Å². The minimum Gasteiger partial charge on any atom is -0.481 e. The second-order valence-corrected chi connectivity index (χ2v) is 8.49. The number of piperazine rings is 1. The van der Waals surface area contributed by atoms with Crippen LogP contribution in [0.4, 0.5) is 5.69 Å². The standard InChI is InChI=1S/C23H29N7O4/c1-4-16-21(28-11-10-24-15-6-7-17(15)28)22(32)20-23(29(16)13-19(31)34-5-2)27-30(26-20)14-8-9-25-18(12-14)33-3/h8-9,12,15,17,24H,4-7,10-11,13H2,1-3H3/t15-,17-/m0/s1. The van der Waals surface area contributed by atoms with Crippen molar-refractivity contribution in [3.8, 4) is 11.6 Å². The number of rotatable bonds is 7. The molecule has 4 heterocycles. The van der Waals surface area contributed by atoms with Gasteiger partial charge in [0.1, 0.15) is 12.2 Å². The van der Waals surface area contributed by atoms with Crippen LogP contribution in [0.15, 0.2) is 23.1 Å². The molecular weight excluding hydrogens is 438 g/mol. The van der Waals surface area contributed by atoms with E-state index in [4.69, 9.17) is 9.47 Å². The second kappa shape index (κ2) is 9.05. The molecule has 2 aliphatic rings. The second-order valence-electron chi connectivity index (χ2n) is 8.49. The van der Waals surface area contributed by atoms with Gasteiger partial charge in [-0.15, -0.1) is 15.0 Å². The normalized spacial score (nSPS) is 19.6. The Hall–Kier alpha value is -3.47. The van der Waals surface area contributed by atoms with Crippen LogP contribution in [0.3, 0.4) is 0 Å². The van der Waals surface area contributed by atoms with Gasteiger partial charge in [-0.05, 0) is 32.3 Å². The molecule has 0 amide bonds. The number of carbonyl (C=O) groups is 1. The number of nitrogens with zero attached hydrogens (tertiary/aromatic N) is 6. The van der Waals surface area contributed by atoms with Crippen molar-refractivity contribution >= 4 is 22.8 Å². The molecule has 1 saturated heterocycles. The molecule has 34 heavy (non-hydrogen) atoms. The number of hydrogen-bond acceptors (Lipinski definition) is 9. The molecule has 2 fully saturated rings. The van der Waals surface area contributed by atoms with E-state index in [2.05, 4.69) is 25.4 Å². The highest BCUT2D eigenvalue weighted by Crippen LogP contribution is 2.33. The molecule has 1 N–H and O–H groups in total. The van der Waals surface area contributed by atoms with Gasteiger partial charge in [-0.25, -0.2) is 4.98 Å². The van der Waals surface area contributed by atoms with Gasteiger partial charge in [0, 0.05) is 43.1 Å². The molecule has 2 atom stereocenters. The van der Waals surface area contributed by atoms with E-state index in [0.29, 0.717) is 35.4 Å². The monoisotopic (exact) mass is 467 g/mol. The summed E-state index contributed by atoms with van der Waals surface area (Å²) in [5.41, 5.74) is 2.42. The van der Waals surface area contributed by atoms with E-state index in [1.54, 1.807) is 29.8 Å². The van der Waals surface area contributed by atoms with E-state index in [0.717, 1.165) is 31.6 Å². The molecule has 0 spiro atoms. The highest BCUT2D eigenvalue weighted by Gasteiger charge is 2.40. The lowest BCUT2D eigenvalue weighted by Crippen LogP contribution is -2.64. The fourth-order valence-corrected chi connectivity index (χ4v) is 4.94. The van der Waals surface area contributed by atoms with Crippen molar-refractivity contribution in [3.05, 3.63) is 34.2 Å². The first kappa shape index (κ1) is 22.3. The molecule has 5 rings (SSSR count). The number of methoxy groups -OCH3 is 1. The van der Waals surface area contributed by atoms with Gasteiger partial charge < -0.3 is 24.3 Å². The quantitative estimate of drug-likeness (QED) is 0.509. The lowest BCUT2D eigenvalue weighted by Gasteiger charge is -2.50. The Morgan fingerprint density at radius 3 is 2.82 bits per heavy atom. The Kier molecular flexibility index (Phi) is 5.94. The van der Waals surface area contributed by atoms with Crippen molar-refractivity contribution < 1.29 is 14.3 Å². The minimum atomic E-state index is -0.380. The van der Waals surface area contributed by atoms with Gasteiger partial charge in [-0.3, -0.25) is 9.59 Å². The third kappa shape index (κ3) is 3.69. The fraction of sp³-hybridized carbons (Fsp3) is 0.522. The summed E-state index contributed by atoms with van der Waals surface area (Å²) in [6.07, 6.45) is 4.28. The van der Waals surface area contributed by atoms with E-state index in [1.807, 2.05) is 6.92 Å². The molecule has 1 saturated carbocycles. The van der Waals surface area contributed by atoms with Gasteiger partial charge in [-0.2, -0.15) is 0 Å². The number of esters is 1. The molecule has 180 valence electrons. The highest BCUT2D eigenvalue weighted by molar-refractivity contribution is 5.80. The van der Waals surface area contributed by atoms with Crippen LogP contribution in [0, 0.1) is 0 Å². The Bertz CT molecular complexity index is 1280. The van der Waals surface area contributed by atoms with E-state index in [-0.39, 0.29) is 36.1 Å². The number of hydrogen-bond donors (Lipinski definition) is 1. The maximum atomic E-state index is 13.9. The van der Waals surface area contributed by atoms with Gasteiger partial charge in [0.05, 0.1) is 19.4 Å². The van der Waals surface area contributed by atoms with Crippen molar-refractivity contribution in [3.63, 3.8) is 0 Å². The van der Waals surface area contributed by atoms with Crippen LogP contribution in [0.5, 0.6) is 5.88 Å². The fourth-order valence-electron chi connectivity index (χ4n) is 4.94. The van der Waals surface area contributed by atoms with Crippen molar-refractivity contribution in [2.24, 2.45) is 0 Å². The number of carbonyl (C=O) groups excluding carboxylic acids is 1. The van der Waals surface area contributed by atoms with Crippen LogP contribution < -0.4 is 20.4 Å². The molecule has 11 nitrogen and oxygen atoms in total. The van der Waals surface area contributed by atoms with E-state index in [1.165, 1.54) is 11.9 Å². The van der Waals surface area contributed by atoms with Crippen LogP contribution in [-0.4, -0.2) is 69.4 Å². The molecule has 1 aliphatic heterocycles. The van der Waals surface area contributed by atoms with Gasteiger partial charge in [-0.1, -0.05) is 6.92 Å². The van der Waals surface area contributed by atoms with Crippen molar-refractivity contribution in [1.82, 2.24) is 29.9 Å². The van der Waals surface area contributed by atoms with Crippen molar-refractivity contribution in [2.45, 2.75) is 51.7 Å². The number of nitrogens with one attached hydrogen (secondary N) is 1. The third-order valence-electron chi connectivity index (χ3n) is 6.65. The predicted molar refractivity (Wildman–Crippen MR) is 126 cm³/mol. The summed E-state index contributed by atoms with van der Waals surface area (Å²) in [6.45, 7) is 5.54. The van der Waals surface area contributed by atoms with Crippen LogP contribution in [0.1, 0.15) is 32.4 Å². The van der Waals surface area contributed by atoms with E-state index >= 15 is 0 Å². The number of fused-ring (bicyclic) bond motifs is 2. The summed E-state index contributed by atoms with van der Waals surface area (Å²) in [5, 5.41) is 12.7. The first-order valence-corrected chi connectivity index (χ1v) is 11.7. The van der Waals surface area contributed by atoms with E-state index < -0.39 is 0 Å². The van der Waals surface area contributed by atoms with E-state index in [9.17, 15) is 9.59 Å². The zero-order valence-corrected chi connectivity index (χ0v) is 19.7. The summed E-state index contributed by atoms with van der Waals surface area (Å²) in [5.74, 6) is 0.0300. The minimum absolute atomic E-state index is 0.0423. The van der Waals surface area contributed by atoms with Crippen molar-refractivity contribution in [1.29, 1.82) is 0 Å². The maximum absolute atomic E-state index is 13.9. The third-order valence-corrected chi connectivity index (χ3v) is 6.65. The average molecular weight is 468 g/mol. The summed E-state index contributed by atoms with van der Waals surface area (Å²) in [7, 11) is 1.53. The number of aromatic nitrogens is 5. The number of anilines is 1. The van der Waals surface area contributed by atoms with Crippen LogP contribution in [-0.2, 0) is 22.5 Å². The molecule has 0 radical (unpaired) electrons. The lowest BCUT2D eigenvalue weighted by atomic mass is 9.83. The summed E-state index contributed by atoms with van der Waals surface area (Å²) < 4.78 is 12.3. The van der Waals surface area contributed by atoms with Crippen LogP contribution in [0.25, 0.3) is 16.9 Å². The summed E-state index contributed by atoms with van der Waals surface area (Å²) in [4.78, 5) is 34.2. The van der Waals surface area contributed by atoms with Crippen molar-refractivity contribution in [2.75, 3.05) is 31.7 Å². The molecule has 0 aromatic carbocycles. The Balaban J connectivity index is 1.72. The molecule has 3 aromatic rings. The zero-order valence-electron chi connectivity index (χ0n) is 19.7. The van der Waals surface area contributed by atoms with Gasteiger partial charge in [0.15, 0.2) is 11.2 Å². The Labute approximate surface area is 196 Å². The van der Waals surface area contributed by atoms with Gasteiger partial charge >= 0.3 is 5.97 Å². The molecule has 1 aliphatic carbocycles. The number of pyridine rings is 2. The average Bonchev–Trinajstić information content (AvgIpc) is 3.27. The smallest absolute Gasteiger partial charge is 0.326 e. The Morgan fingerprint density at radius 2 is 2.12 bits per heavy atom. The first-order valence-electron chi connectivity index (χ1n) is 11.7. The molecular formula is C23H29N7O4. The summed E-state index contributed by atoms with van der Waals surface area (Å²) >= 11 is 0. The highest BCUT2D eigenvalue weighted by atomic mass is 16.5. The molecule has 0 unspecified atom stereocenters. The maximum Gasteiger partial charge on any atom is 0.326 e. The van der Waals surface area contributed by atoms with Crippen LogP contribution >= 0.6 is 0 Å². The molecule has 0 bridgehead atoms. The zero-order chi connectivity index (χ0) is 23.8. The predicted octanol–water partition coefficient (Wildman–Crippen LogP) is 1.05.